The SMILES string of the molecule is Cc1c(-c2ccccc2)nc(-c2ccccc2)nc1-c1ccc2c(c1)oc1c(-c3ccc4ccccc4c3)c3ccccc3cc12. The average Bonchev–Trinajstić information content (AvgIpc) is 3.48. The Morgan fingerprint density at radius 2 is 1.07 bits per heavy atom. The van der Waals surface area contributed by atoms with Crippen molar-refractivity contribution < 1.29 is 4.42 Å². The molecule has 0 unspecified atom stereocenters. The standard InChI is InChI=1S/C43H28N2O/c1-27-40(29-13-4-2-5-14-29)44-43(30-15-6-3-7-16-30)45-41(27)34-22-23-36-37-25-32-18-10-11-19-35(32)39(42(37)46-38(36)26-34)33-21-20-28-12-8-9-17-31(28)24-33/h2-26H,1H3. The highest BCUT2D eigenvalue weighted by Crippen LogP contribution is 2.43. The lowest BCUT2D eigenvalue weighted by molar-refractivity contribution is 0.670. The molecule has 0 N–H and O–H groups in total. The van der Waals surface area contributed by atoms with Crippen molar-refractivity contribution in [3.05, 3.63) is 157 Å². The number of benzene rings is 7. The molecule has 0 bridgehead atoms. The summed E-state index contributed by atoms with van der Waals surface area (Å²) >= 11 is 0. The van der Waals surface area contributed by atoms with Crippen molar-refractivity contribution >= 4 is 43.5 Å². The van der Waals surface area contributed by atoms with Gasteiger partial charge in [-0.2, -0.15) is 0 Å². The molecule has 7 aromatic carbocycles. The molecule has 0 aliphatic heterocycles. The van der Waals surface area contributed by atoms with Gasteiger partial charge in [0.25, 0.3) is 0 Å². The number of rotatable bonds is 4. The van der Waals surface area contributed by atoms with Gasteiger partial charge in [0.2, 0.25) is 0 Å². The molecule has 0 spiro atoms. The van der Waals surface area contributed by atoms with Crippen LogP contribution < -0.4 is 0 Å². The molecule has 0 atom stereocenters. The first kappa shape index (κ1) is 26.4. The molecular weight excluding hydrogens is 560 g/mol. The van der Waals surface area contributed by atoms with Crippen LogP contribution in [0.1, 0.15) is 5.56 Å². The molecule has 0 saturated heterocycles. The van der Waals surface area contributed by atoms with Crippen LogP contribution in [-0.4, -0.2) is 9.97 Å². The summed E-state index contributed by atoms with van der Waals surface area (Å²) in [6, 6.07) is 53.1. The first-order valence-electron chi connectivity index (χ1n) is 15.6. The van der Waals surface area contributed by atoms with Crippen LogP contribution in [0.15, 0.2) is 156 Å². The van der Waals surface area contributed by atoms with Crippen molar-refractivity contribution in [1.82, 2.24) is 9.97 Å². The van der Waals surface area contributed by atoms with Crippen LogP contribution in [0, 0.1) is 6.92 Å². The fourth-order valence-corrected chi connectivity index (χ4v) is 6.74. The third-order valence-electron chi connectivity index (χ3n) is 9.02. The molecule has 46 heavy (non-hydrogen) atoms. The Balaban J connectivity index is 1.29. The van der Waals surface area contributed by atoms with Gasteiger partial charge in [-0.3, -0.25) is 0 Å². The van der Waals surface area contributed by atoms with Gasteiger partial charge < -0.3 is 4.42 Å². The van der Waals surface area contributed by atoms with Crippen molar-refractivity contribution in [2.24, 2.45) is 0 Å². The lowest BCUT2D eigenvalue weighted by Crippen LogP contribution is -2.00. The lowest BCUT2D eigenvalue weighted by Gasteiger charge is -2.13. The van der Waals surface area contributed by atoms with Crippen LogP contribution in [0.25, 0.3) is 88.5 Å². The fraction of sp³-hybridized carbons (Fsp3) is 0.0233. The van der Waals surface area contributed by atoms with E-state index in [9.17, 15) is 0 Å². The van der Waals surface area contributed by atoms with Gasteiger partial charge in [-0.25, -0.2) is 9.97 Å². The largest absolute Gasteiger partial charge is 0.455 e. The van der Waals surface area contributed by atoms with Crippen LogP contribution in [0.4, 0.5) is 0 Å². The van der Waals surface area contributed by atoms with E-state index in [2.05, 4.69) is 134 Å². The lowest BCUT2D eigenvalue weighted by atomic mass is 9.93. The van der Waals surface area contributed by atoms with E-state index < -0.39 is 0 Å². The van der Waals surface area contributed by atoms with Gasteiger partial charge in [-0.1, -0.05) is 127 Å². The van der Waals surface area contributed by atoms with Crippen molar-refractivity contribution in [1.29, 1.82) is 0 Å². The van der Waals surface area contributed by atoms with E-state index in [1.165, 1.54) is 21.5 Å². The predicted octanol–water partition coefficient (Wildman–Crippen LogP) is 11.7. The molecule has 0 radical (unpaired) electrons. The second-order valence-corrected chi connectivity index (χ2v) is 11.8. The molecule has 0 amide bonds. The number of furan rings is 1. The topological polar surface area (TPSA) is 38.9 Å². The third-order valence-corrected chi connectivity index (χ3v) is 9.02. The number of fused-ring (bicyclic) bond motifs is 5. The Morgan fingerprint density at radius 3 is 1.85 bits per heavy atom. The molecule has 0 aliphatic carbocycles. The minimum absolute atomic E-state index is 0.703. The molecule has 3 heteroatoms. The van der Waals surface area contributed by atoms with Gasteiger partial charge in [0.15, 0.2) is 5.82 Å². The van der Waals surface area contributed by atoms with Crippen LogP contribution >= 0.6 is 0 Å². The van der Waals surface area contributed by atoms with E-state index in [0.717, 1.165) is 66.7 Å². The van der Waals surface area contributed by atoms with Gasteiger partial charge in [0.05, 0.1) is 11.4 Å². The number of nitrogens with zero attached hydrogens (tertiary/aromatic N) is 2. The number of aromatic nitrogens is 2. The van der Waals surface area contributed by atoms with Crippen molar-refractivity contribution in [2.75, 3.05) is 0 Å². The van der Waals surface area contributed by atoms with Crippen LogP contribution in [0.3, 0.4) is 0 Å². The van der Waals surface area contributed by atoms with Crippen LogP contribution in [0.2, 0.25) is 0 Å². The van der Waals surface area contributed by atoms with Gasteiger partial charge in [0.1, 0.15) is 11.2 Å². The highest BCUT2D eigenvalue weighted by Gasteiger charge is 2.20. The summed E-state index contributed by atoms with van der Waals surface area (Å²) in [5, 5.41) is 7.00. The summed E-state index contributed by atoms with van der Waals surface area (Å²) < 4.78 is 6.85. The Bertz CT molecular complexity index is 2580. The fourth-order valence-electron chi connectivity index (χ4n) is 6.74. The summed E-state index contributed by atoms with van der Waals surface area (Å²) in [6.07, 6.45) is 0. The van der Waals surface area contributed by atoms with Gasteiger partial charge in [-0.15, -0.1) is 0 Å². The zero-order valence-corrected chi connectivity index (χ0v) is 25.2. The molecule has 9 rings (SSSR count). The average molecular weight is 589 g/mol. The summed E-state index contributed by atoms with van der Waals surface area (Å²) in [6.45, 7) is 2.11. The highest BCUT2D eigenvalue weighted by atomic mass is 16.3. The van der Waals surface area contributed by atoms with Crippen LogP contribution in [0.5, 0.6) is 0 Å². The zero-order chi connectivity index (χ0) is 30.6. The molecule has 0 aliphatic rings. The highest BCUT2D eigenvalue weighted by molar-refractivity contribution is 6.19. The molecule has 2 heterocycles. The van der Waals surface area contributed by atoms with E-state index in [1.807, 2.05) is 24.3 Å². The van der Waals surface area contributed by atoms with Gasteiger partial charge in [0, 0.05) is 38.6 Å². The van der Waals surface area contributed by atoms with Crippen molar-refractivity contribution in [3.8, 4) is 45.0 Å². The Hall–Kier alpha value is -6.06. The van der Waals surface area contributed by atoms with Gasteiger partial charge in [-0.05, 0) is 58.3 Å². The van der Waals surface area contributed by atoms with E-state index in [1.54, 1.807) is 0 Å². The second-order valence-electron chi connectivity index (χ2n) is 11.8. The Kier molecular flexibility index (Phi) is 6.04. The Morgan fingerprint density at radius 1 is 0.435 bits per heavy atom. The van der Waals surface area contributed by atoms with E-state index in [-0.39, 0.29) is 0 Å². The van der Waals surface area contributed by atoms with Crippen LogP contribution in [-0.2, 0) is 0 Å². The minimum atomic E-state index is 0.703. The summed E-state index contributed by atoms with van der Waals surface area (Å²) in [4.78, 5) is 10.2. The Labute approximate surface area is 266 Å². The molecule has 216 valence electrons. The zero-order valence-electron chi connectivity index (χ0n) is 25.2. The number of hydrogen-bond acceptors (Lipinski definition) is 3. The molecule has 9 aromatic rings. The molecular formula is C43H28N2O. The summed E-state index contributed by atoms with van der Waals surface area (Å²) in [5.41, 5.74) is 9.91. The monoisotopic (exact) mass is 588 g/mol. The normalized spacial score (nSPS) is 11.6. The van der Waals surface area contributed by atoms with E-state index >= 15 is 0 Å². The number of hydrogen-bond donors (Lipinski definition) is 0. The first-order valence-corrected chi connectivity index (χ1v) is 15.6. The quantitative estimate of drug-likeness (QED) is 0.205. The summed E-state index contributed by atoms with van der Waals surface area (Å²) in [5.74, 6) is 0.703. The maximum Gasteiger partial charge on any atom is 0.160 e. The van der Waals surface area contributed by atoms with Gasteiger partial charge >= 0.3 is 0 Å². The van der Waals surface area contributed by atoms with Crippen molar-refractivity contribution in [3.63, 3.8) is 0 Å². The third kappa shape index (κ3) is 4.28. The maximum absolute atomic E-state index is 6.85. The van der Waals surface area contributed by atoms with E-state index in [4.69, 9.17) is 14.4 Å². The molecule has 3 nitrogen and oxygen atoms in total. The summed E-state index contributed by atoms with van der Waals surface area (Å²) in [7, 11) is 0. The second kappa shape index (κ2) is 10.5. The predicted molar refractivity (Wildman–Crippen MR) is 191 cm³/mol. The first-order chi connectivity index (χ1) is 22.7. The smallest absolute Gasteiger partial charge is 0.160 e. The molecule has 0 saturated carbocycles. The maximum atomic E-state index is 6.85. The molecule has 0 fully saturated rings. The minimum Gasteiger partial charge on any atom is -0.455 e. The molecule has 2 aromatic heterocycles. The van der Waals surface area contributed by atoms with E-state index in [0.29, 0.717) is 5.82 Å². The van der Waals surface area contributed by atoms with Crippen molar-refractivity contribution in [2.45, 2.75) is 6.92 Å².